The Kier molecular flexibility index (Phi) is 3.92. The van der Waals surface area contributed by atoms with Gasteiger partial charge in [0.1, 0.15) is 0 Å². The van der Waals surface area contributed by atoms with Crippen molar-refractivity contribution in [2.24, 2.45) is 5.92 Å². The molecule has 1 atom stereocenters. The Balaban J connectivity index is 1.51. The molecule has 4 aliphatic rings. The fraction of sp³-hybridized carbons (Fsp3) is 1.00. The van der Waals surface area contributed by atoms with Crippen molar-refractivity contribution in [1.29, 1.82) is 0 Å². The van der Waals surface area contributed by atoms with Crippen LogP contribution in [0.25, 0.3) is 0 Å². The van der Waals surface area contributed by atoms with E-state index in [1.807, 2.05) is 0 Å². The summed E-state index contributed by atoms with van der Waals surface area (Å²) in [6.07, 6.45) is 9.75. The normalized spacial score (nSPS) is 39.5. The molecule has 3 heterocycles. The monoisotopic (exact) mass is 252 g/mol. The van der Waals surface area contributed by atoms with Gasteiger partial charge in [0, 0.05) is 19.1 Å². The summed E-state index contributed by atoms with van der Waals surface area (Å²) < 4.78 is 0. The second kappa shape index (κ2) is 5.48. The lowest BCUT2D eigenvalue weighted by Gasteiger charge is -2.46. The van der Waals surface area contributed by atoms with Crippen LogP contribution in [0.5, 0.6) is 0 Å². The summed E-state index contributed by atoms with van der Waals surface area (Å²) in [5, 5.41) is 14.4. The summed E-state index contributed by atoms with van der Waals surface area (Å²) in [7, 11) is 0. The van der Waals surface area contributed by atoms with Gasteiger partial charge in [-0.2, -0.15) is 0 Å². The Hall–Kier alpha value is -0.120. The molecule has 0 spiro atoms. The molecule has 1 saturated carbocycles. The minimum Gasteiger partial charge on any atom is -0.389 e. The minimum absolute atomic E-state index is 0.414. The molecule has 0 aromatic heterocycles. The van der Waals surface area contributed by atoms with Crippen LogP contribution < -0.4 is 5.32 Å². The fourth-order valence-corrected chi connectivity index (χ4v) is 4.08. The van der Waals surface area contributed by atoms with E-state index in [2.05, 4.69) is 10.2 Å². The molecule has 0 aromatic carbocycles. The Bertz CT molecular complexity index is 266. The van der Waals surface area contributed by atoms with Crippen LogP contribution in [0.4, 0.5) is 0 Å². The average molecular weight is 252 g/mol. The summed E-state index contributed by atoms with van der Waals surface area (Å²) in [5.41, 5.74) is -0.414. The van der Waals surface area contributed by atoms with E-state index in [9.17, 15) is 5.11 Å². The molecule has 0 aromatic rings. The van der Waals surface area contributed by atoms with Gasteiger partial charge in [-0.05, 0) is 44.7 Å². The van der Waals surface area contributed by atoms with Gasteiger partial charge in [0.15, 0.2) is 0 Å². The molecular formula is C15H28N2O. The van der Waals surface area contributed by atoms with E-state index in [0.29, 0.717) is 6.04 Å². The number of aliphatic hydroxyl groups is 1. The molecule has 0 amide bonds. The molecule has 4 rings (SSSR count). The van der Waals surface area contributed by atoms with Gasteiger partial charge in [0.2, 0.25) is 0 Å². The van der Waals surface area contributed by atoms with E-state index < -0.39 is 5.60 Å². The van der Waals surface area contributed by atoms with Crippen molar-refractivity contribution < 1.29 is 5.11 Å². The Morgan fingerprint density at radius 3 is 2.28 bits per heavy atom. The summed E-state index contributed by atoms with van der Waals surface area (Å²) >= 11 is 0. The van der Waals surface area contributed by atoms with Gasteiger partial charge >= 0.3 is 0 Å². The highest BCUT2D eigenvalue weighted by molar-refractivity contribution is 4.93. The molecule has 18 heavy (non-hydrogen) atoms. The second-order valence-electron chi connectivity index (χ2n) is 6.76. The van der Waals surface area contributed by atoms with Gasteiger partial charge in [0.05, 0.1) is 5.60 Å². The molecule has 3 nitrogen and oxygen atoms in total. The van der Waals surface area contributed by atoms with Crippen molar-refractivity contribution in [2.75, 3.05) is 26.2 Å². The summed E-state index contributed by atoms with van der Waals surface area (Å²) in [4.78, 5) is 2.58. The molecule has 3 saturated heterocycles. The van der Waals surface area contributed by atoms with E-state index in [0.717, 1.165) is 25.3 Å². The van der Waals surface area contributed by atoms with Crippen LogP contribution in [0, 0.1) is 5.92 Å². The Morgan fingerprint density at radius 1 is 1.06 bits per heavy atom. The maximum Gasteiger partial charge on any atom is 0.0771 e. The predicted octanol–water partition coefficient (Wildman–Crippen LogP) is 1.76. The molecule has 104 valence electrons. The number of hydrogen-bond acceptors (Lipinski definition) is 3. The van der Waals surface area contributed by atoms with Crippen LogP contribution in [0.3, 0.4) is 0 Å². The van der Waals surface area contributed by atoms with Gasteiger partial charge in [-0.3, -0.25) is 0 Å². The van der Waals surface area contributed by atoms with Gasteiger partial charge in [-0.25, -0.2) is 0 Å². The molecule has 3 heteroatoms. The number of rotatable bonds is 3. The first-order chi connectivity index (χ1) is 8.75. The van der Waals surface area contributed by atoms with Crippen molar-refractivity contribution in [2.45, 2.75) is 63.0 Å². The lowest BCUT2D eigenvalue weighted by atomic mass is 9.83. The molecule has 2 bridgehead atoms. The number of piperidine rings is 3. The van der Waals surface area contributed by atoms with Gasteiger partial charge < -0.3 is 15.3 Å². The van der Waals surface area contributed by atoms with Crippen molar-refractivity contribution in [1.82, 2.24) is 10.2 Å². The van der Waals surface area contributed by atoms with Crippen LogP contribution in [0.15, 0.2) is 0 Å². The first-order valence-corrected chi connectivity index (χ1v) is 7.93. The summed E-state index contributed by atoms with van der Waals surface area (Å²) in [6, 6.07) is 0.639. The highest BCUT2D eigenvalue weighted by atomic mass is 16.3. The molecule has 2 N–H and O–H groups in total. The maximum atomic E-state index is 10.7. The summed E-state index contributed by atoms with van der Waals surface area (Å²) in [6.45, 7) is 4.63. The highest BCUT2D eigenvalue weighted by Crippen LogP contribution is 2.30. The van der Waals surface area contributed by atoms with Crippen molar-refractivity contribution in [3.05, 3.63) is 0 Å². The molecule has 1 unspecified atom stereocenters. The van der Waals surface area contributed by atoms with Crippen LogP contribution in [0.2, 0.25) is 0 Å². The topological polar surface area (TPSA) is 35.5 Å². The van der Waals surface area contributed by atoms with Crippen LogP contribution in [-0.4, -0.2) is 47.8 Å². The summed E-state index contributed by atoms with van der Waals surface area (Å²) in [5.74, 6) is 0.865. The van der Waals surface area contributed by atoms with Crippen LogP contribution >= 0.6 is 0 Å². The average Bonchev–Trinajstić information content (AvgIpc) is 2.63. The largest absolute Gasteiger partial charge is 0.389 e. The third-order valence-corrected chi connectivity index (χ3v) is 5.38. The third-order valence-electron chi connectivity index (χ3n) is 5.38. The van der Waals surface area contributed by atoms with Crippen LogP contribution in [-0.2, 0) is 0 Å². The molecule has 0 radical (unpaired) electrons. The number of nitrogens with one attached hydrogen (secondary N) is 1. The highest BCUT2D eigenvalue weighted by Gasteiger charge is 2.36. The zero-order valence-electron chi connectivity index (χ0n) is 11.5. The third kappa shape index (κ3) is 2.89. The Labute approximate surface area is 111 Å². The first kappa shape index (κ1) is 12.9. The quantitative estimate of drug-likeness (QED) is 0.751. The van der Waals surface area contributed by atoms with E-state index >= 15 is 0 Å². The Morgan fingerprint density at radius 2 is 1.72 bits per heavy atom. The molecule has 3 aliphatic heterocycles. The number of hydrogen-bond donors (Lipinski definition) is 2. The van der Waals surface area contributed by atoms with E-state index in [-0.39, 0.29) is 0 Å². The van der Waals surface area contributed by atoms with Gasteiger partial charge in [-0.1, -0.05) is 25.7 Å². The predicted molar refractivity (Wildman–Crippen MR) is 73.6 cm³/mol. The van der Waals surface area contributed by atoms with E-state index in [4.69, 9.17) is 0 Å². The number of fused-ring (bicyclic) bond motifs is 3. The lowest BCUT2D eigenvalue weighted by molar-refractivity contribution is 0.00768. The standard InChI is InChI=1S/C15H28N2O/c18-15(7-3-1-2-4-8-15)12-16-14-11-17-9-5-13(14)6-10-17/h13-14,16,18H,1-12H2. The second-order valence-corrected chi connectivity index (χ2v) is 6.76. The van der Waals surface area contributed by atoms with Gasteiger partial charge in [0.25, 0.3) is 0 Å². The van der Waals surface area contributed by atoms with Crippen LogP contribution in [0.1, 0.15) is 51.4 Å². The minimum atomic E-state index is -0.414. The van der Waals surface area contributed by atoms with E-state index in [1.165, 1.54) is 58.2 Å². The van der Waals surface area contributed by atoms with Crippen molar-refractivity contribution >= 4 is 0 Å². The fourth-order valence-electron chi connectivity index (χ4n) is 4.08. The molecule has 1 aliphatic carbocycles. The zero-order valence-corrected chi connectivity index (χ0v) is 11.5. The van der Waals surface area contributed by atoms with Crippen molar-refractivity contribution in [3.63, 3.8) is 0 Å². The molecule has 4 fully saturated rings. The van der Waals surface area contributed by atoms with Crippen molar-refractivity contribution in [3.8, 4) is 0 Å². The SMILES string of the molecule is OC1(CNC2CN3CCC2CC3)CCCCCC1. The number of nitrogens with zero attached hydrogens (tertiary/aromatic N) is 1. The zero-order chi connectivity index (χ0) is 12.4. The first-order valence-electron chi connectivity index (χ1n) is 7.93. The maximum absolute atomic E-state index is 10.7. The van der Waals surface area contributed by atoms with Gasteiger partial charge in [-0.15, -0.1) is 0 Å². The lowest BCUT2D eigenvalue weighted by Crippen LogP contribution is -2.58. The smallest absolute Gasteiger partial charge is 0.0771 e. The van der Waals surface area contributed by atoms with E-state index in [1.54, 1.807) is 0 Å². The molecular weight excluding hydrogens is 224 g/mol.